The smallest absolute Gasteiger partial charge is 0.311 e. The summed E-state index contributed by atoms with van der Waals surface area (Å²) >= 11 is 0. The lowest BCUT2D eigenvalue weighted by molar-refractivity contribution is -0.153. The van der Waals surface area contributed by atoms with Crippen molar-refractivity contribution >= 4 is 5.97 Å². The molecule has 0 unspecified atom stereocenters. The lowest BCUT2D eigenvalue weighted by Gasteiger charge is -2.22. The Morgan fingerprint density at radius 1 is 1.50 bits per heavy atom. The predicted molar refractivity (Wildman–Crippen MR) is 62.0 cm³/mol. The summed E-state index contributed by atoms with van der Waals surface area (Å²) in [6.45, 7) is 8.95. The van der Waals surface area contributed by atoms with E-state index in [0.717, 1.165) is 12.4 Å². The summed E-state index contributed by atoms with van der Waals surface area (Å²) in [5.74, 6) is 0.765. The van der Waals surface area contributed by atoms with Gasteiger partial charge in [-0.05, 0) is 27.7 Å². The van der Waals surface area contributed by atoms with E-state index in [1.54, 1.807) is 6.20 Å². The van der Waals surface area contributed by atoms with Crippen LogP contribution in [0.5, 0.6) is 0 Å². The molecule has 1 heterocycles. The molecule has 0 saturated heterocycles. The average Bonchev–Trinajstić information content (AvgIpc) is 2.64. The van der Waals surface area contributed by atoms with E-state index in [-0.39, 0.29) is 5.97 Å². The molecular formula is C12H20N2O2. The van der Waals surface area contributed by atoms with Crippen LogP contribution in [0, 0.1) is 5.41 Å². The highest BCUT2D eigenvalue weighted by molar-refractivity contribution is 5.76. The molecule has 0 aliphatic carbocycles. The third kappa shape index (κ3) is 2.84. The maximum atomic E-state index is 11.7. The number of hydrogen-bond acceptors (Lipinski definition) is 3. The third-order valence-corrected chi connectivity index (χ3v) is 2.57. The van der Waals surface area contributed by atoms with Crippen molar-refractivity contribution in [2.75, 3.05) is 6.61 Å². The monoisotopic (exact) mass is 224 g/mol. The Labute approximate surface area is 96.6 Å². The van der Waals surface area contributed by atoms with Gasteiger partial charge in [0.2, 0.25) is 0 Å². The molecule has 0 saturated carbocycles. The number of carbonyl (C=O) groups excluding carboxylic acids is 1. The molecule has 0 bridgehead atoms. The van der Waals surface area contributed by atoms with E-state index in [0.29, 0.717) is 13.0 Å². The molecule has 4 heteroatoms. The van der Waals surface area contributed by atoms with Gasteiger partial charge >= 0.3 is 5.97 Å². The number of hydrogen-bond donors (Lipinski definition) is 0. The normalized spacial score (nSPS) is 11.5. The first-order chi connectivity index (χ1) is 7.51. The van der Waals surface area contributed by atoms with Crippen molar-refractivity contribution in [1.29, 1.82) is 0 Å². The highest BCUT2D eigenvalue weighted by atomic mass is 16.5. The Kier molecular flexibility index (Phi) is 4.10. The van der Waals surface area contributed by atoms with E-state index in [1.165, 1.54) is 0 Å². The van der Waals surface area contributed by atoms with Crippen molar-refractivity contribution in [3.63, 3.8) is 0 Å². The lowest BCUT2D eigenvalue weighted by Crippen LogP contribution is -2.30. The van der Waals surface area contributed by atoms with Gasteiger partial charge in [-0.1, -0.05) is 0 Å². The third-order valence-electron chi connectivity index (χ3n) is 2.57. The first kappa shape index (κ1) is 12.7. The minimum Gasteiger partial charge on any atom is -0.466 e. The number of carbonyl (C=O) groups is 1. The fourth-order valence-electron chi connectivity index (χ4n) is 1.59. The molecule has 0 fully saturated rings. The van der Waals surface area contributed by atoms with Gasteiger partial charge in [-0.2, -0.15) is 0 Å². The second-order valence-electron chi connectivity index (χ2n) is 4.41. The topological polar surface area (TPSA) is 44.1 Å². The number of imidazole rings is 1. The number of rotatable bonds is 5. The van der Waals surface area contributed by atoms with Gasteiger partial charge in [0.1, 0.15) is 5.82 Å². The molecule has 0 radical (unpaired) electrons. The Bertz CT molecular complexity index is 356. The molecule has 1 aromatic rings. The number of esters is 1. The molecule has 0 N–H and O–H groups in total. The minimum atomic E-state index is -0.520. The van der Waals surface area contributed by atoms with Crippen molar-refractivity contribution in [1.82, 2.24) is 9.55 Å². The van der Waals surface area contributed by atoms with Crippen LogP contribution in [-0.4, -0.2) is 22.1 Å². The largest absolute Gasteiger partial charge is 0.466 e. The first-order valence-corrected chi connectivity index (χ1v) is 5.68. The van der Waals surface area contributed by atoms with E-state index in [4.69, 9.17) is 4.74 Å². The quantitative estimate of drug-likeness (QED) is 0.719. The Balaban J connectivity index is 2.75. The summed E-state index contributed by atoms with van der Waals surface area (Å²) in [6, 6.07) is 0. The Morgan fingerprint density at radius 3 is 2.75 bits per heavy atom. The van der Waals surface area contributed by atoms with Crippen LogP contribution < -0.4 is 0 Å². The highest BCUT2D eigenvalue weighted by Gasteiger charge is 2.30. The van der Waals surface area contributed by atoms with Crippen molar-refractivity contribution in [2.45, 2.75) is 40.7 Å². The van der Waals surface area contributed by atoms with Gasteiger partial charge in [0.05, 0.1) is 12.0 Å². The highest BCUT2D eigenvalue weighted by Crippen LogP contribution is 2.22. The fraction of sp³-hybridized carbons (Fsp3) is 0.667. The molecule has 16 heavy (non-hydrogen) atoms. The number of aryl methyl sites for hydroxylation is 1. The van der Waals surface area contributed by atoms with E-state index in [2.05, 4.69) is 11.9 Å². The zero-order chi connectivity index (χ0) is 12.2. The Hall–Kier alpha value is -1.32. The SMILES string of the molecule is CCOC(=O)C(C)(C)Cc1nccn1CC. The van der Waals surface area contributed by atoms with Crippen LogP contribution in [0.3, 0.4) is 0 Å². The second kappa shape index (κ2) is 5.14. The summed E-state index contributed by atoms with van der Waals surface area (Å²) in [5.41, 5.74) is -0.520. The van der Waals surface area contributed by atoms with Crippen molar-refractivity contribution < 1.29 is 9.53 Å². The molecule has 0 aromatic carbocycles. The maximum Gasteiger partial charge on any atom is 0.311 e. The molecule has 1 rings (SSSR count). The number of nitrogens with zero attached hydrogens (tertiary/aromatic N) is 2. The van der Waals surface area contributed by atoms with Crippen LogP contribution in [0.25, 0.3) is 0 Å². The summed E-state index contributed by atoms with van der Waals surface area (Å²) < 4.78 is 7.10. The van der Waals surface area contributed by atoms with Gasteiger partial charge in [0, 0.05) is 25.4 Å². The zero-order valence-electron chi connectivity index (χ0n) is 10.5. The standard InChI is InChI=1S/C12H20N2O2/c1-5-14-8-7-13-10(14)9-12(3,4)11(15)16-6-2/h7-8H,5-6,9H2,1-4H3. The molecule has 1 aromatic heterocycles. The lowest BCUT2D eigenvalue weighted by atomic mass is 9.89. The van der Waals surface area contributed by atoms with Crippen molar-refractivity contribution in [2.24, 2.45) is 5.41 Å². The fourth-order valence-corrected chi connectivity index (χ4v) is 1.59. The predicted octanol–water partition coefficient (Wildman–Crippen LogP) is 2.03. The van der Waals surface area contributed by atoms with Crippen LogP contribution in [-0.2, 0) is 22.5 Å². The van der Waals surface area contributed by atoms with Gasteiger partial charge in [-0.15, -0.1) is 0 Å². The summed E-state index contributed by atoms with van der Waals surface area (Å²) in [7, 11) is 0. The molecule has 0 spiro atoms. The number of aromatic nitrogens is 2. The van der Waals surface area contributed by atoms with Crippen molar-refractivity contribution in [3.05, 3.63) is 18.2 Å². The van der Waals surface area contributed by atoms with Gasteiger partial charge in [-0.25, -0.2) is 4.98 Å². The summed E-state index contributed by atoms with van der Waals surface area (Å²) in [6.07, 6.45) is 4.29. The van der Waals surface area contributed by atoms with Crippen LogP contribution in [0.15, 0.2) is 12.4 Å². The average molecular weight is 224 g/mol. The molecule has 90 valence electrons. The van der Waals surface area contributed by atoms with Crippen molar-refractivity contribution in [3.8, 4) is 0 Å². The van der Waals surface area contributed by atoms with E-state index >= 15 is 0 Å². The maximum absolute atomic E-state index is 11.7. The van der Waals surface area contributed by atoms with Gasteiger partial charge in [0.25, 0.3) is 0 Å². The van der Waals surface area contributed by atoms with Gasteiger partial charge < -0.3 is 9.30 Å². The van der Waals surface area contributed by atoms with Gasteiger partial charge in [0.15, 0.2) is 0 Å². The van der Waals surface area contributed by atoms with Gasteiger partial charge in [-0.3, -0.25) is 4.79 Å². The second-order valence-corrected chi connectivity index (χ2v) is 4.41. The van der Waals surface area contributed by atoms with E-state index in [1.807, 2.05) is 31.5 Å². The zero-order valence-corrected chi connectivity index (χ0v) is 10.5. The van der Waals surface area contributed by atoms with E-state index < -0.39 is 5.41 Å². The molecule has 0 aliphatic rings. The molecule has 0 aliphatic heterocycles. The van der Waals surface area contributed by atoms with E-state index in [9.17, 15) is 4.79 Å². The molecule has 0 amide bonds. The van der Waals surface area contributed by atoms with Crippen LogP contribution >= 0.6 is 0 Å². The molecular weight excluding hydrogens is 204 g/mol. The minimum absolute atomic E-state index is 0.166. The number of ether oxygens (including phenoxy) is 1. The molecule has 0 atom stereocenters. The first-order valence-electron chi connectivity index (χ1n) is 5.68. The summed E-state index contributed by atoms with van der Waals surface area (Å²) in [4.78, 5) is 16.0. The van der Waals surface area contributed by atoms with Crippen LogP contribution in [0.1, 0.15) is 33.5 Å². The Morgan fingerprint density at radius 2 is 2.19 bits per heavy atom. The summed E-state index contributed by atoms with van der Waals surface area (Å²) in [5, 5.41) is 0. The molecule has 4 nitrogen and oxygen atoms in total. The van der Waals surface area contributed by atoms with Crippen LogP contribution in [0.4, 0.5) is 0 Å². The van der Waals surface area contributed by atoms with Crippen LogP contribution in [0.2, 0.25) is 0 Å².